The molecule has 7 nitrogen and oxygen atoms in total. The van der Waals surface area contributed by atoms with Crippen LogP contribution in [0.1, 0.15) is 5.56 Å². The van der Waals surface area contributed by atoms with E-state index in [2.05, 4.69) is 32.4 Å². The number of hydrogen-bond donors (Lipinski definition) is 3. The van der Waals surface area contributed by atoms with Gasteiger partial charge in [-0.1, -0.05) is 42.1 Å². The van der Waals surface area contributed by atoms with Gasteiger partial charge < -0.3 is 16.8 Å². The maximum atomic E-state index is 11.7. The maximum Gasteiger partial charge on any atom is 0.230 e. The molecule has 0 fully saturated rings. The molecule has 23 heavy (non-hydrogen) atoms. The smallest absolute Gasteiger partial charge is 0.230 e. The van der Waals surface area contributed by atoms with Gasteiger partial charge >= 0.3 is 0 Å². The van der Waals surface area contributed by atoms with E-state index in [0.717, 1.165) is 11.5 Å². The van der Waals surface area contributed by atoms with Gasteiger partial charge in [0.15, 0.2) is 5.16 Å². The van der Waals surface area contributed by atoms with Crippen molar-refractivity contribution in [1.29, 1.82) is 0 Å². The number of rotatable bonds is 8. The minimum atomic E-state index is -0.0760. The Hall–Kier alpha value is -2.00. The Labute approximate surface area is 143 Å². The number of thioether (sulfide) groups is 2. The highest BCUT2D eigenvalue weighted by atomic mass is 32.2. The highest BCUT2D eigenvalue weighted by molar-refractivity contribution is 7.99. The third-order valence-electron chi connectivity index (χ3n) is 2.66. The summed E-state index contributed by atoms with van der Waals surface area (Å²) >= 11 is 2.96. The van der Waals surface area contributed by atoms with Gasteiger partial charge in [-0.3, -0.25) is 4.79 Å². The average molecular weight is 350 g/mol. The van der Waals surface area contributed by atoms with Gasteiger partial charge in [0.1, 0.15) is 0 Å². The quantitative estimate of drug-likeness (QED) is 0.479. The zero-order valence-electron chi connectivity index (χ0n) is 12.4. The molecule has 1 heterocycles. The molecule has 0 bridgehead atoms. The van der Waals surface area contributed by atoms with Crippen LogP contribution in [0.15, 0.2) is 35.5 Å². The summed E-state index contributed by atoms with van der Waals surface area (Å²) in [6.45, 7) is 0.623. The lowest BCUT2D eigenvalue weighted by atomic mass is 10.2. The second-order valence-corrected chi connectivity index (χ2v) is 6.56. The van der Waals surface area contributed by atoms with Gasteiger partial charge in [-0.05, 0) is 5.56 Å². The lowest BCUT2D eigenvalue weighted by Gasteiger charge is -2.05. The molecule has 0 radical (unpaired) electrons. The van der Waals surface area contributed by atoms with E-state index in [-0.39, 0.29) is 23.6 Å². The topological polar surface area (TPSA) is 120 Å². The Kier molecular flexibility index (Phi) is 6.95. The predicted octanol–water partition coefficient (Wildman–Crippen LogP) is 1.18. The van der Waals surface area contributed by atoms with Gasteiger partial charge in [-0.15, -0.1) is 0 Å². The summed E-state index contributed by atoms with van der Waals surface area (Å²) in [7, 11) is 0. The van der Waals surface area contributed by atoms with Crippen molar-refractivity contribution in [2.24, 2.45) is 0 Å². The fourth-order valence-electron chi connectivity index (χ4n) is 1.66. The highest BCUT2D eigenvalue weighted by Gasteiger charge is 2.06. The van der Waals surface area contributed by atoms with Crippen molar-refractivity contribution < 1.29 is 4.79 Å². The van der Waals surface area contributed by atoms with Crippen LogP contribution in [0.5, 0.6) is 0 Å². The average Bonchev–Trinajstić information content (AvgIpc) is 2.53. The first-order valence-corrected chi connectivity index (χ1v) is 9.05. The number of hydrogen-bond acceptors (Lipinski definition) is 8. The molecule has 0 aliphatic rings. The molecule has 0 atom stereocenters. The summed E-state index contributed by atoms with van der Waals surface area (Å²) in [5.41, 5.74) is 12.2. The van der Waals surface area contributed by atoms with Crippen LogP contribution in [0.2, 0.25) is 0 Å². The number of amides is 1. The van der Waals surface area contributed by atoms with Crippen LogP contribution in [0.3, 0.4) is 0 Å². The van der Waals surface area contributed by atoms with Crippen molar-refractivity contribution in [2.45, 2.75) is 10.9 Å². The molecular weight excluding hydrogens is 332 g/mol. The van der Waals surface area contributed by atoms with Crippen molar-refractivity contribution in [3.05, 3.63) is 35.9 Å². The Morgan fingerprint density at radius 1 is 1.09 bits per heavy atom. The Morgan fingerprint density at radius 3 is 2.48 bits per heavy atom. The van der Waals surface area contributed by atoms with E-state index in [1.807, 2.05) is 18.2 Å². The third kappa shape index (κ3) is 6.74. The Balaban J connectivity index is 1.60. The van der Waals surface area contributed by atoms with Gasteiger partial charge in [0.05, 0.1) is 5.75 Å². The minimum absolute atomic E-state index is 0.0534. The standard InChI is InChI=1S/C14H18N6OS2/c15-12-18-13(16)20-14(19-12)23-9-11(21)17-6-7-22-8-10-4-2-1-3-5-10/h1-5H,6-9H2,(H,17,21)(H4,15,16,18,19,20). The fourth-order valence-corrected chi connectivity index (χ4v) is 3.16. The first-order valence-electron chi connectivity index (χ1n) is 6.91. The number of benzene rings is 1. The van der Waals surface area contributed by atoms with Crippen molar-refractivity contribution >= 4 is 41.3 Å². The molecule has 1 amide bonds. The van der Waals surface area contributed by atoms with Gasteiger partial charge in [0.2, 0.25) is 17.8 Å². The van der Waals surface area contributed by atoms with Crippen LogP contribution in [0.4, 0.5) is 11.9 Å². The summed E-state index contributed by atoms with van der Waals surface area (Å²) in [5.74, 6) is 2.04. The van der Waals surface area contributed by atoms with Crippen LogP contribution in [0.25, 0.3) is 0 Å². The second-order valence-electron chi connectivity index (χ2n) is 4.51. The van der Waals surface area contributed by atoms with E-state index in [1.165, 1.54) is 17.3 Å². The summed E-state index contributed by atoms with van der Waals surface area (Å²) in [6.07, 6.45) is 0. The number of carbonyl (C=O) groups excluding carboxylic acids is 1. The normalized spacial score (nSPS) is 10.4. The van der Waals surface area contributed by atoms with Crippen LogP contribution < -0.4 is 16.8 Å². The molecule has 0 saturated carbocycles. The fraction of sp³-hybridized carbons (Fsp3) is 0.286. The van der Waals surface area contributed by atoms with Crippen LogP contribution in [-0.4, -0.2) is 38.9 Å². The first kappa shape index (κ1) is 17.4. The molecule has 122 valence electrons. The van der Waals surface area contributed by atoms with E-state index < -0.39 is 0 Å². The van der Waals surface area contributed by atoms with E-state index in [9.17, 15) is 4.79 Å². The van der Waals surface area contributed by atoms with Gasteiger partial charge in [0.25, 0.3) is 0 Å². The predicted molar refractivity (Wildman–Crippen MR) is 95.0 cm³/mol. The summed E-state index contributed by atoms with van der Waals surface area (Å²) < 4.78 is 0. The van der Waals surface area contributed by atoms with Crippen LogP contribution in [-0.2, 0) is 10.5 Å². The van der Waals surface area contributed by atoms with E-state index in [4.69, 9.17) is 11.5 Å². The number of carbonyl (C=O) groups is 1. The molecular formula is C14H18N6OS2. The van der Waals surface area contributed by atoms with Crippen molar-refractivity contribution in [3.63, 3.8) is 0 Å². The number of nitrogens with one attached hydrogen (secondary N) is 1. The van der Waals surface area contributed by atoms with Gasteiger partial charge in [-0.25, -0.2) is 0 Å². The molecule has 0 spiro atoms. The molecule has 0 aliphatic carbocycles. The summed E-state index contributed by atoms with van der Waals surface area (Å²) in [4.78, 5) is 23.2. The van der Waals surface area contributed by atoms with Crippen LogP contribution in [0, 0.1) is 0 Å². The minimum Gasteiger partial charge on any atom is -0.368 e. The molecule has 9 heteroatoms. The summed E-state index contributed by atoms with van der Waals surface area (Å²) in [6, 6.07) is 10.2. The van der Waals surface area contributed by atoms with E-state index >= 15 is 0 Å². The number of aromatic nitrogens is 3. The van der Waals surface area contributed by atoms with Gasteiger partial charge in [-0.2, -0.15) is 26.7 Å². The maximum absolute atomic E-state index is 11.7. The first-order chi connectivity index (χ1) is 11.1. The van der Waals surface area contributed by atoms with Crippen LogP contribution >= 0.6 is 23.5 Å². The molecule has 5 N–H and O–H groups in total. The molecule has 1 aromatic heterocycles. The lowest BCUT2D eigenvalue weighted by molar-refractivity contribution is -0.118. The van der Waals surface area contributed by atoms with E-state index in [0.29, 0.717) is 11.7 Å². The van der Waals surface area contributed by atoms with Gasteiger partial charge in [0, 0.05) is 18.1 Å². The number of nitrogen functional groups attached to an aromatic ring is 2. The van der Waals surface area contributed by atoms with E-state index in [1.54, 1.807) is 11.8 Å². The third-order valence-corrected chi connectivity index (χ3v) is 4.54. The number of nitrogens with two attached hydrogens (primary N) is 2. The second kappa shape index (κ2) is 9.21. The van der Waals surface area contributed by atoms with Crippen molar-refractivity contribution in [2.75, 3.05) is 29.5 Å². The molecule has 1 aromatic carbocycles. The number of anilines is 2. The molecule has 0 unspecified atom stereocenters. The SMILES string of the molecule is Nc1nc(N)nc(SCC(=O)NCCSCc2ccccc2)n1. The Morgan fingerprint density at radius 2 is 1.78 bits per heavy atom. The summed E-state index contributed by atoms with van der Waals surface area (Å²) in [5, 5.41) is 3.20. The lowest BCUT2D eigenvalue weighted by Crippen LogP contribution is -2.27. The molecule has 0 saturated heterocycles. The zero-order valence-corrected chi connectivity index (χ0v) is 14.1. The van der Waals surface area contributed by atoms with Crippen molar-refractivity contribution in [1.82, 2.24) is 20.3 Å². The zero-order chi connectivity index (χ0) is 16.5. The molecule has 0 aliphatic heterocycles. The number of nitrogens with zero attached hydrogens (tertiary/aromatic N) is 3. The Bertz CT molecular complexity index is 620. The highest BCUT2D eigenvalue weighted by Crippen LogP contribution is 2.14. The van der Waals surface area contributed by atoms with Crippen molar-refractivity contribution in [3.8, 4) is 0 Å². The monoisotopic (exact) mass is 350 g/mol. The largest absolute Gasteiger partial charge is 0.368 e. The molecule has 2 rings (SSSR count). The molecule has 2 aromatic rings.